The van der Waals surface area contributed by atoms with Gasteiger partial charge in [-0.2, -0.15) is 0 Å². The van der Waals surface area contributed by atoms with E-state index in [-0.39, 0.29) is 16.9 Å². The highest BCUT2D eigenvalue weighted by Crippen LogP contribution is 2.45. The molecular formula is C41H52O5. The second-order valence-electron chi connectivity index (χ2n) is 13.0. The Morgan fingerprint density at radius 1 is 0.457 bits per heavy atom. The first kappa shape index (κ1) is 35.1. The first-order valence-electron chi connectivity index (χ1n) is 16.5. The zero-order valence-electron chi connectivity index (χ0n) is 29.2. The Kier molecular flexibility index (Phi) is 10.9. The van der Waals surface area contributed by atoms with Crippen LogP contribution in [0.25, 0.3) is 0 Å². The van der Waals surface area contributed by atoms with Gasteiger partial charge < -0.3 is 24.8 Å². The summed E-state index contributed by atoms with van der Waals surface area (Å²) in [4.78, 5) is 0. The molecule has 0 aliphatic heterocycles. The van der Waals surface area contributed by atoms with Crippen LogP contribution >= 0.6 is 0 Å². The van der Waals surface area contributed by atoms with Crippen LogP contribution in [-0.2, 0) is 59.2 Å². The van der Waals surface area contributed by atoms with E-state index in [9.17, 15) is 15.3 Å². The van der Waals surface area contributed by atoms with E-state index in [0.717, 1.165) is 62.9 Å². The normalized spacial score (nSPS) is 12.1. The Bertz CT molecular complexity index is 1580. The Morgan fingerprint density at radius 3 is 1.11 bits per heavy atom. The Labute approximate surface area is 275 Å². The van der Waals surface area contributed by atoms with Crippen LogP contribution in [0.15, 0.2) is 60.7 Å². The minimum Gasteiger partial charge on any atom is -0.507 e. The lowest BCUT2D eigenvalue weighted by molar-refractivity contribution is 0.181. The van der Waals surface area contributed by atoms with Gasteiger partial charge >= 0.3 is 0 Å². The predicted octanol–water partition coefficient (Wildman–Crippen LogP) is 9.03. The fourth-order valence-electron chi connectivity index (χ4n) is 6.71. The number of rotatable bonds is 13. The molecule has 46 heavy (non-hydrogen) atoms. The lowest BCUT2D eigenvalue weighted by Crippen LogP contribution is -2.27. The van der Waals surface area contributed by atoms with Crippen molar-refractivity contribution < 1.29 is 24.8 Å². The smallest absolute Gasteiger partial charge is 0.124 e. The van der Waals surface area contributed by atoms with Gasteiger partial charge in [-0.25, -0.2) is 0 Å². The van der Waals surface area contributed by atoms with Crippen LogP contribution in [0.5, 0.6) is 17.2 Å². The number of aromatic hydroxyl groups is 3. The third kappa shape index (κ3) is 6.41. The predicted molar refractivity (Wildman–Crippen MR) is 187 cm³/mol. The van der Waals surface area contributed by atoms with Crippen LogP contribution in [0.4, 0.5) is 0 Å². The summed E-state index contributed by atoms with van der Waals surface area (Å²) < 4.78 is 11.0. The topological polar surface area (TPSA) is 79.2 Å². The maximum Gasteiger partial charge on any atom is 0.124 e. The lowest BCUT2D eigenvalue weighted by atomic mass is 9.68. The first-order valence-corrected chi connectivity index (χ1v) is 16.5. The number of ether oxygens (including phenoxy) is 2. The molecule has 0 amide bonds. The summed E-state index contributed by atoms with van der Waals surface area (Å²) in [7, 11) is 3.28. The zero-order valence-corrected chi connectivity index (χ0v) is 29.2. The van der Waals surface area contributed by atoms with Crippen molar-refractivity contribution in [1.82, 2.24) is 0 Å². The molecule has 3 N–H and O–H groups in total. The summed E-state index contributed by atoms with van der Waals surface area (Å²) in [6.45, 7) is 15.6. The van der Waals surface area contributed by atoms with Crippen LogP contribution in [0.1, 0.15) is 110 Å². The third-order valence-corrected chi connectivity index (χ3v) is 9.99. The Balaban J connectivity index is 1.97. The fourth-order valence-corrected chi connectivity index (χ4v) is 6.71. The molecular weight excluding hydrogens is 572 g/mol. The van der Waals surface area contributed by atoms with E-state index >= 15 is 0 Å². The van der Waals surface area contributed by atoms with Gasteiger partial charge in [0.2, 0.25) is 0 Å². The molecule has 5 heteroatoms. The Morgan fingerprint density at radius 2 is 0.761 bits per heavy atom. The van der Waals surface area contributed by atoms with E-state index in [1.807, 2.05) is 13.8 Å². The number of aryl methyl sites for hydroxylation is 4. The molecule has 0 aliphatic rings. The van der Waals surface area contributed by atoms with Crippen LogP contribution in [0, 0.1) is 0 Å². The average Bonchev–Trinajstić information content (AvgIpc) is 3.06. The van der Waals surface area contributed by atoms with Gasteiger partial charge in [-0.15, -0.1) is 0 Å². The minimum atomic E-state index is -0.633. The molecule has 4 rings (SSSR count). The van der Waals surface area contributed by atoms with E-state index in [1.54, 1.807) is 14.2 Å². The highest BCUT2D eigenvalue weighted by Gasteiger charge is 2.35. The fraction of sp³-hybridized carbons (Fsp3) is 0.415. The third-order valence-electron chi connectivity index (χ3n) is 9.99. The summed E-state index contributed by atoms with van der Waals surface area (Å²) in [5.74, 6) is 0.968. The van der Waals surface area contributed by atoms with Crippen molar-refractivity contribution in [2.45, 2.75) is 98.2 Å². The molecule has 0 bridgehead atoms. The maximum atomic E-state index is 11.1. The van der Waals surface area contributed by atoms with Crippen molar-refractivity contribution in [1.29, 1.82) is 0 Å². The summed E-state index contributed by atoms with van der Waals surface area (Å²) in [6, 6.07) is 21.5. The highest BCUT2D eigenvalue weighted by molar-refractivity contribution is 5.58. The van der Waals surface area contributed by atoms with Crippen LogP contribution in [-0.4, -0.2) is 29.5 Å². The number of phenolic OH excluding ortho intramolecular Hbond substituents is 3. The second kappa shape index (κ2) is 14.3. The molecule has 4 aromatic rings. The second-order valence-corrected chi connectivity index (χ2v) is 13.0. The molecule has 0 spiro atoms. The first-order chi connectivity index (χ1) is 21.9. The molecule has 0 saturated carbocycles. The van der Waals surface area contributed by atoms with Crippen molar-refractivity contribution in [3.63, 3.8) is 0 Å². The summed E-state index contributed by atoms with van der Waals surface area (Å²) >= 11 is 0. The van der Waals surface area contributed by atoms with Crippen LogP contribution in [0.3, 0.4) is 0 Å². The van der Waals surface area contributed by atoms with E-state index in [2.05, 4.69) is 95.3 Å². The average molecular weight is 625 g/mol. The molecule has 0 atom stereocenters. The largest absolute Gasteiger partial charge is 0.507 e. The van der Waals surface area contributed by atoms with Gasteiger partial charge in [-0.1, -0.05) is 90.1 Å². The van der Waals surface area contributed by atoms with E-state index in [1.165, 1.54) is 11.1 Å². The van der Waals surface area contributed by atoms with Crippen molar-refractivity contribution in [3.05, 3.63) is 122 Å². The number of phenols is 3. The summed E-state index contributed by atoms with van der Waals surface area (Å²) in [6.07, 6.45) is 2.90. The van der Waals surface area contributed by atoms with Crippen LogP contribution < -0.4 is 0 Å². The molecule has 0 fully saturated rings. The van der Waals surface area contributed by atoms with Gasteiger partial charge in [0.25, 0.3) is 0 Å². The number of hydrogen-bond donors (Lipinski definition) is 3. The lowest BCUT2D eigenvalue weighted by Gasteiger charge is -2.35. The molecule has 0 heterocycles. The van der Waals surface area contributed by atoms with Gasteiger partial charge in [-0.3, -0.25) is 0 Å². The molecule has 0 aliphatic carbocycles. The standard InChI is InChI=1S/C41H52O5/c1-10-26-18-34(19-27(11-2)37(26)42)40(5,6)32-14-16-33(17-15-32)41(7,35-20-28(12-3)38(43)30(22-35)24-45-8)36-21-29(13-4)39(44)31(23-36)25-46-9/h14-23,42-44H,10-13,24-25H2,1-9H3. The molecule has 0 aromatic heterocycles. The van der Waals surface area contributed by atoms with Gasteiger partial charge in [0.1, 0.15) is 17.2 Å². The zero-order chi connectivity index (χ0) is 33.8. The number of benzene rings is 4. The van der Waals surface area contributed by atoms with Gasteiger partial charge in [-0.05, 0) is 94.8 Å². The van der Waals surface area contributed by atoms with Crippen molar-refractivity contribution in [2.75, 3.05) is 14.2 Å². The highest BCUT2D eigenvalue weighted by atomic mass is 16.5. The summed E-state index contributed by atoms with van der Waals surface area (Å²) in [5, 5.41) is 32.9. The van der Waals surface area contributed by atoms with Gasteiger partial charge in [0.05, 0.1) is 13.2 Å². The van der Waals surface area contributed by atoms with Crippen molar-refractivity contribution in [2.24, 2.45) is 0 Å². The van der Waals surface area contributed by atoms with Crippen molar-refractivity contribution in [3.8, 4) is 17.2 Å². The minimum absolute atomic E-state index is 0.277. The number of hydrogen-bond acceptors (Lipinski definition) is 5. The van der Waals surface area contributed by atoms with Crippen LogP contribution in [0.2, 0.25) is 0 Å². The molecule has 5 nitrogen and oxygen atoms in total. The van der Waals surface area contributed by atoms with E-state index in [0.29, 0.717) is 31.8 Å². The molecule has 4 aromatic carbocycles. The van der Waals surface area contributed by atoms with E-state index in [4.69, 9.17) is 9.47 Å². The SMILES string of the molecule is CCc1cc(C(C)(C)c2ccc(C(C)(c3cc(CC)c(O)c(COC)c3)c3cc(CC)c(O)c(COC)c3)cc2)cc(CC)c1O. The quantitative estimate of drug-likeness (QED) is 0.129. The number of methoxy groups -OCH3 is 2. The summed E-state index contributed by atoms with van der Waals surface area (Å²) in [5.41, 5.74) is 9.77. The monoisotopic (exact) mass is 624 g/mol. The molecule has 0 saturated heterocycles. The maximum absolute atomic E-state index is 11.1. The van der Waals surface area contributed by atoms with E-state index < -0.39 is 5.41 Å². The molecule has 246 valence electrons. The molecule has 0 radical (unpaired) electrons. The van der Waals surface area contributed by atoms with Gasteiger partial charge in [0.15, 0.2) is 0 Å². The van der Waals surface area contributed by atoms with Crippen molar-refractivity contribution >= 4 is 0 Å². The molecule has 0 unspecified atom stereocenters. The van der Waals surface area contributed by atoms with Gasteiger partial charge in [0, 0.05) is 36.2 Å². The Hall–Kier alpha value is -3.80.